The van der Waals surface area contributed by atoms with E-state index in [1.54, 1.807) is 7.11 Å². The number of nitrogens with zero attached hydrogens (tertiary/aromatic N) is 1. The minimum atomic E-state index is 0.173. The van der Waals surface area contributed by atoms with Gasteiger partial charge in [-0.2, -0.15) is 0 Å². The molecule has 0 radical (unpaired) electrons. The van der Waals surface area contributed by atoms with Gasteiger partial charge in [-0.3, -0.25) is 4.90 Å². The predicted octanol–water partition coefficient (Wildman–Crippen LogP) is 0.790. The van der Waals surface area contributed by atoms with Crippen LogP contribution in [0.5, 0.6) is 0 Å². The molecule has 0 spiro atoms. The van der Waals surface area contributed by atoms with Gasteiger partial charge < -0.3 is 9.84 Å². The molecule has 2 saturated heterocycles. The van der Waals surface area contributed by atoms with Crippen LogP contribution in [0.15, 0.2) is 11.6 Å². The van der Waals surface area contributed by atoms with Crippen LogP contribution in [0.25, 0.3) is 0 Å². The quantitative estimate of drug-likeness (QED) is 0.679. The van der Waals surface area contributed by atoms with Crippen LogP contribution in [-0.2, 0) is 4.74 Å². The molecule has 2 aliphatic heterocycles. The van der Waals surface area contributed by atoms with Crippen molar-refractivity contribution in [2.45, 2.75) is 24.8 Å². The molecule has 2 aliphatic rings. The summed E-state index contributed by atoms with van der Waals surface area (Å²) in [5.41, 5.74) is 1.64. The molecule has 0 aliphatic carbocycles. The van der Waals surface area contributed by atoms with Crippen molar-refractivity contribution < 1.29 is 9.84 Å². The van der Waals surface area contributed by atoms with Crippen LogP contribution in [0.1, 0.15) is 19.3 Å². The van der Waals surface area contributed by atoms with Gasteiger partial charge in [-0.05, 0) is 25.8 Å². The van der Waals surface area contributed by atoms with Crippen LogP contribution >= 0.6 is 0 Å². The Labute approximate surface area is 85.4 Å². The van der Waals surface area contributed by atoms with E-state index in [0.717, 1.165) is 19.6 Å². The van der Waals surface area contributed by atoms with E-state index in [2.05, 4.69) is 4.90 Å². The average Bonchev–Trinajstić information content (AvgIpc) is 2.61. The zero-order chi connectivity index (χ0) is 10.0. The molecule has 3 heteroatoms. The van der Waals surface area contributed by atoms with Crippen LogP contribution in [-0.4, -0.2) is 49.0 Å². The third-order valence-corrected chi connectivity index (χ3v) is 3.48. The molecule has 2 heterocycles. The van der Waals surface area contributed by atoms with Gasteiger partial charge in [-0.1, -0.05) is 11.6 Å². The Morgan fingerprint density at radius 3 is 3.21 bits per heavy atom. The Bertz CT molecular complexity index is 239. The van der Waals surface area contributed by atoms with Crippen molar-refractivity contribution in [1.29, 1.82) is 0 Å². The molecule has 0 aromatic heterocycles. The molecule has 14 heavy (non-hydrogen) atoms. The van der Waals surface area contributed by atoms with E-state index in [1.165, 1.54) is 25.0 Å². The standard InChI is InChI=1S/C11H19NO2/c1-14-9-11-4-2-5-12(11)8-10(7-11)3-6-13/h3,13H,2,4-9H2,1H3/b10-3-. The maximum absolute atomic E-state index is 8.88. The fraction of sp³-hybridized carbons (Fsp3) is 0.818. The molecule has 1 unspecified atom stereocenters. The summed E-state index contributed by atoms with van der Waals surface area (Å²) in [6, 6.07) is 0. The smallest absolute Gasteiger partial charge is 0.0649 e. The molecule has 0 aromatic rings. The third kappa shape index (κ3) is 1.60. The number of fused-ring (bicyclic) bond motifs is 1. The van der Waals surface area contributed by atoms with Crippen molar-refractivity contribution in [2.75, 3.05) is 33.4 Å². The van der Waals surface area contributed by atoms with E-state index < -0.39 is 0 Å². The maximum Gasteiger partial charge on any atom is 0.0649 e. The monoisotopic (exact) mass is 197 g/mol. The lowest BCUT2D eigenvalue weighted by Crippen LogP contribution is -2.42. The molecule has 0 bridgehead atoms. The van der Waals surface area contributed by atoms with Crippen molar-refractivity contribution in [3.05, 3.63) is 11.6 Å². The van der Waals surface area contributed by atoms with Gasteiger partial charge in [0.05, 0.1) is 13.2 Å². The Balaban J connectivity index is 2.10. The first-order valence-electron chi connectivity index (χ1n) is 5.33. The van der Waals surface area contributed by atoms with Crippen molar-refractivity contribution >= 4 is 0 Å². The van der Waals surface area contributed by atoms with Crippen molar-refractivity contribution in [2.24, 2.45) is 0 Å². The number of aliphatic hydroxyl groups is 1. The van der Waals surface area contributed by atoms with E-state index >= 15 is 0 Å². The second-order valence-electron chi connectivity index (χ2n) is 4.40. The lowest BCUT2D eigenvalue weighted by molar-refractivity contribution is 0.0656. The Morgan fingerprint density at radius 2 is 2.50 bits per heavy atom. The Hall–Kier alpha value is -0.380. The Kier molecular flexibility index (Phi) is 2.91. The lowest BCUT2D eigenvalue weighted by atomic mass is 9.93. The summed E-state index contributed by atoms with van der Waals surface area (Å²) in [4.78, 5) is 2.51. The summed E-state index contributed by atoms with van der Waals surface area (Å²) in [5, 5.41) is 8.88. The van der Waals surface area contributed by atoms with Crippen molar-refractivity contribution in [3.63, 3.8) is 0 Å². The second-order valence-corrected chi connectivity index (χ2v) is 4.40. The topological polar surface area (TPSA) is 32.7 Å². The first kappa shape index (κ1) is 10.1. The van der Waals surface area contributed by atoms with Gasteiger partial charge in [0.1, 0.15) is 0 Å². The number of rotatable bonds is 3. The first-order valence-corrected chi connectivity index (χ1v) is 5.33. The molecule has 1 atom stereocenters. The highest BCUT2D eigenvalue weighted by Gasteiger charge is 2.45. The number of ether oxygens (including phenoxy) is 1. The number of hydrogen-bond donors (Lipinski definition) is 1. The molecular formula is C11H19NO2. The van der Waals surface area contributed by atoms with Crippen LogP contribution in [0, 0.1) is 0 Å². The minimum absolute atomic E-state index is 0.173. The van der Waals surface area contributed by atoms with E-state index in [1.807, 2.05) is 6.08 Å². The maximum atomic E-state index is 8.88. The first-order chi connectivity index (χ1) is 6.80. The summed E-state index contributed by atoms with van der Waals surface area (Å²) >= 11 is 0. The third-order valence-electron chi connectivity index (χ3n) is 3.48. The minimum Gasteiger partial charge on any atom is -0.392 e. The zero-order valence-electron chi connectivity index (χ0n) is 8.83. The van der Waals surface area contributed by atoms with Gasteiger partial charge in [-0.15, -0.1) is 0 Å². The summed E-state index contributed by atoms with van der Waals surface area (Å²) in [7, 11) is 1.78. The highest BCUT2D eigenvalue weighted by molar-refractivity contribution is 5.20. The lowest BCUT2D eigenvalue weighted by Gasteiger charge is -2.30. The van der Waals surface area contributed by atoms with Gasteiger partial charge in [-0.25, -0.2) is 0 Å². The SMILES string of the molecule is COCC12CCCN1C/C(=C\CO)C2. The molecular weight excluding hydrogens is 178 g/mol. The van der Waals surface area contributed by atoms with Crippen LogP contribution in [0.3, 0.4) is 0 Å². The van der Waals surface area contributed by atoms with Gasteiger partial charge in [0, 0.05) is 19.2 Å². The molecule has 3 nitrogen and oxygen atoms in total. The summed E-state index contributed by atoms with van der Waals surface area (Å²) in [5.74, 6) is 0. The number of hydrogen-bond acceptors (Lipinski definition) is 3. The zero-order valence-corrected chi connectivity index (χ0v) is 8.83. The Morgan fingerprint density at radius 1 is 1.64 bits per heavy atom. The molecule has 0 amide bonds. The highest BCUT2D eigenvalue weighted by atomic mass is 16.5. The predicted molar refractivity (Wildman–Crippen MR) is 55.2 cm³/mol. The van der Waals surface area contributed by atoms with Crippen molar-refractivity contribution in [3.8, 4) is 0 Å². The van der Waals surface area contributed by atoms with E-state index in [0.29, 0.717) is 0 Å². The largest absolute Gasteiger partial charge is 0.392 e. The summed E-state index contributed by atoms with van der Waals surface area (Å²) in [6.45, 7) is 3.22. The normalized spacial score (nSPS) is 35.4. The van der Waals surface area contributed by atoms with Crippen LogP contribution < -0.4 is 0 Å². The molecule has 0 aromatic carbocycles. The van der Waals surface area contributed by atoms with Crippen LogP contribution in [0.4, 0.5) is 0 Å². The fourth-order valence-electron chi connectivity index (χ4n) is 2.91. The summed E-state index contributed by atoms with van der Waals surface area (Å²) < 4.78 is 5.33. The fourth-order valence-corrected chi connectivity index (χ4v) is 2.91. The molecule has 2 rings (SSSR count). The van der Waals surface area contributed by atoms with E-state index in [-0.39, 0.29) is 12.1 Å². The van der Waals surface area contributed by atoms with Gasteiger partial charge >= 0.3 is 0 Å². The molecule has 80 valence electrons. The van der Waals surface area contributed by atoms with E-state index in [9.17, 15) is 0 Å². The number of methoxy groups -OCH3 is 1. The molecule has 1 N–H and O–H groups in total. The molecule has 2 fully saturated rings. The second kappa shape index (κ2) is 4.01. The van der Waals surface area contributed by atoms with E-state index in [4.69, 9.17) is 9.84 Å². The summed E-state index contributed by atoms with van der Waals surface area (Å²) in [6.07, 6.45) is 5.57. The average molecular weight is 197 g/mol. The van der Waals surface area contributed by atoms with Crippen LogP contribution in [0.2, 0.25) is 0 Å². The highest BCUT2D eigenvalue weighted by Crippen LogP contribution is 2.41. The van der Waals surface area contributed by atoms with Gasteiger partial charge in [0.25, 0.3) is 0 Å². The molecule has 0 saturated carbocycles. The van der Waals surface area contributed by atoms with Crippen molar-refractivity contribution in [1.82, 2.24) is 4.90 Å². The number of aliphatic hydroxyl groups excluding tert-OH is 1. The van der Waals surface area contributed by atoms with Gasteiger partial charge in [0.2, 0.25) is 0 Å². The van der Waals surface area contributed by atoms with Gasteiger partial charge in [0.15, 0.2) is 0 Å².